The third kappa shape index (κ3) is 9.94. The van der Waals surface area contributed by atoms with Gasteiger partial charge in [0.1, 0.15) is 0 Å². The summed E-state index contributed by atoms with van der Waals surface area (Å²) in [5, 5.41) is 32.4. The fourth-order valence-electron chi connectivity index (χ4n) is 2.70. The second-order valence-electron chi connectivity index (χ2n) is 6.58. The van der Waals surface area contributed by atoms with E-state index in [2.05, 4.69) is 11.8 Å². The summed E-state index contributed by atoms with van der Waals surface area (Å²) in [5.74, 6) is 2.87. The quantitative estimate of drug-likeness (QED) is 0.118. The molecule has 0 unspecified atom stereocenters. The molecule has 0 aromatic rings. The van der Waals surface area contributed by atoms with Gasteiger partial charge in [0.15, 0.2) is 27.5 Å². The molecular weight excluding hydrogens is 370 g/mol. The van der Waals surface area contributed by atoms with Gasteiger partial charge in [0.05, 0.1) is 0 Å². The number of rotatable bonds is 17. The van der Waals surface area contributed by atoms with Crippen molar-refractivity contribution >= 4 is 6.29 Å². The number of nitrogens with zero attached hydrogens (tertiary/aromatic N) is 3. The van der Waals surface area contributed by atoms with Crippen molar-refractivity contribution in [1.82, 2.24) is 0 Å². The molecule has 0 fully saturated rings. The Bertz CT molecular complexity index is 533. The lowest BCUT2D eigenvalue weighted by molar-refractivity contribution is -0.970. The van der Waals surface area contributed by atoms with Crippen molar-refractivity contribution < 1.29 is 19.6 Å². The molecule has 10 heteroatoms. The molecule has 1 radical (unpaired) electrons. The van der Waals surface area contributed by atoms with Crippen LogP contribution in [0.1, 0.15) is 89.9 Å². The molecular formula is C18H28N3O7. The molecule has 28 heavy (non-hydrogen) atoms. The first-order valence-electron chi connectivity index (χ1n) is 9.63. The van der Waals surface area contributed by atoms with Crippen molar-refractivity contribution in [2.24, 2.45) is 0 Å². The second kappa shape index (κ2) is 15.5. The van der Waals surface area contributed by atoms with Gasteiger partial charge in [-0.05, 0) is 25.7 Å². The van der Waals surface area contributed by atoms with Gasteiger partial charge in [-0.1, -0.05) is 38.5 Å². The summed E-state index contributed by atoms with van der Waals surface area (Å²) in [7, 11) is 0. The highest BCUT2D eigenvalue weighted by molar-refractivity contribution is 5.50. The van der Waals surface area contributed by atoms with E-state index in [1.807, 2.05) is 6.29 Å². The van der Waals surface area contributed by atoms with Gasteiger partial charge >= 0.3 is 5.79 Å². The third-order valence-corrected chi connectivity index (χ3v) is 4.40. The molecule has 0 aliphatic heterocycles. The van der Waals surface area contributed by atoms with E-state index in [9.17, 15) is 35.1 Å². The van der Waals surface area contributed by atoms with Crippen LogP contribution in [0.4, 0.5) is 0 Å². The lowest BCUT2D eigenvalue weighted by Crippen LogP contribution is -2.53. The predicted octanol–water partition coefficient (Wildman–Crippen LogP) is 4.04. The van der Waals surface area contributed by atoms with Crippen molar-refractivity contribution in [2.45, 2.75) is 95.7 Å². The largest absolute Gasteiger partial charge is 0.699 e. The molecule has 0 aliphatic rings. The molecule has 0 heterocycles. The highest BCUT2D eigenvalue weighted by Crippen LogP contribution is 2.21. The van der Waals surface area contributed by atoms with Crippen LogP contribution >= 0.6 is 0 Å². The fraction of sp³-hybridized carbons (Fsp3) is 0.833. The van der Waals surface area contributed by atoms with Gasteiger partial charge in [0.2, 0.25) is 0 Å². The summed E-state index contributed by atoms with van der Waals surface area (Å²) in [5.41, 5.74) is 0. The molecule has 0 aromatic carbocycles. The van der Waals surface area contributed by atoms with Gasteiger partial charge < -0.3 is 0 Å². The molecule has 0 N–H and O–H groups in total. The molecule has 157 valence electrons. The minimum atomic E-state index is -3.33. The minimum absolute atomic E-state index is 0.0728. The Kier molecular flexibility index (Phi) is 14.1. The van der Waals surface area contributed by atoms with Crippen molar-refractivity contribution in [2.75, 3.05) is 0 Å². The smallest absolute Gasteiger partial charge is 0.291 e. The highest BCUT2D eigenvalue weighted by atomic mass is 16.7. The van der Waals surface area contributed by atoms with E-state index in [-0.39, 0.29) is 6.42 Å². The van der Waals surface area contributed by atoms with Crippen molar-refractivity contribution in [3.05, 3.63) is 30.3 Å². The second-order valence-corrected chi connectivity index (χ2v) is 6.58. The van der Waals surface area contributed by atoms with Gasteiger partial charge in [-0.25, -0.2) is 0 Å². The molecule has 0 amide bonds. The van der Waals surface area contributed by atoms with Crippen LogP contribution in [-0.2, 0) is 4.79 Å². The standard InChI is InChI=1S/C18H28N3O7/c22-17-15-13-11-9-7-5-3-1-2-4-6-8-10-12-14-16-18(19(23)24,20(25)26)21(27)28/h1-4,6,8-16H2. The highest BCUT2D eigenvalue weighted by Gasteiger charge is 2.69. The zero-order valence-electron chi connectivity index (χ0n) is 16.1. The third-order valence-electron chi connectivity index (χ3n) is 4.40. The summed E-state index contributed by atoms with van der Waals surface area (Å²) in [6.07, 6.45) is 11.4. The van der Waals surface area contributed by atoms with Crippen LogP contribution < -0.4 is 0 Å². The van der Waals surface area contributed by atoms with E-state index >= 15 is 0 Å². The Hall–Kier alpha value is -2.57. The Balaban J connectivity index is 3.71. The van der Waals surface area contributed by atoms with Crippen LogP contribution in [0.3, 0.4) is 0 Å². The zero-order chi connectivity index (χ0) is 21.3. The molecule has 0 saturated heterocycles. The maximum atomic E-state index is 10.8. The Morgan fingerprint density at radius 2 is 0.929 bits per heavy atom. The molecule has 0 aromatic heterocycles. The van der Waals surface area contributed by atoms with Gasteiger partial charge in [-0.3, -0.25) is 35.1 Å². The number of carbonyl (C=O) groups excluding carboxylic acids is 1. The summed E-state index contributed by atoms with van der Waals surface area (Å²) < 4.78 is 0. The van der Waals surface area contributed by atoms with Gasteiger partial charge in [-0.15, -0.1) is 11.8 Å². The minimum Gasteiger partial charge on any atom is -0.291 e. The topological polar surface area (TPSA) is 146 Å². The van der Waals surface area contributed by atoms with E-state index in [1.165, 1.54) is 0 Å². The number of unbranched alkanes of at least 4 members (excludes halogenated alkanes) is 11. The molecule has 10 nitrogen and oxygen atoms in total. The number of hydrogen-bond acceptors (Lipinski definition) is 7. The first-order valence-corrected chi connectivity index (χ1v) is 9.63. The van der Waals surface area contributed by atoms with Crippen molar-refractivity contribution in [3.63, 3.8) is 0 Å². The molecule has 0 aliphatic carbocycles. The van der Waals surface area contributed by atoms with Crippen molar-refractivity contribution in [3.8, 4) is 11.8 Å². The molecule has 0 rings (SSSR count). The van der Waals surface area contributed by atoms with Crippen molar-refractivity contribution in [1.29, 1.82) is 0 Å². The monoisotopic (exact) mass is 398 g/mol. The SMILES string of the molecule is O=[C]CCCCC#CCCCCCCCCCCC([N+](=O)[O-])([N+](=O)[O-])[N+](=O)[O-]. The summed E-state index contributed by atoms with van der Waals surface area (Å²) in [6.45, 7) is 0. The summed E-state index contributed by atoms with van der Waals surface area (Å²) in [4.78, 5) is 38.2. The van der Waals surface area contributed by atoms with Gasteiger partial charge in [-0.2, -0.15) is 0 Å². The van der Waals surface area contributed by atoms with E-state index in [1.54, 1.807) is 0 Å². The average molecular weight is 398 g/mol. The molecule has 0 bridgehead atoms. The van der Waals surface area contributed by atoms with E-state index in [4.69, 9.17) is 0 Å². The first kappa shape index (κ1) is 25.4. The molecule has 0 spiro atoms. The molecule has 0 atom stereocenters. The van der Waals surface area contributed by atoms with E-state index < -0.39 is 27.0 Å². The van der Waals surface area contributed by atoms with E-state index in [0.717, 1.165) is 64.2 Å². The summed E-state index contributed by atoms with van der Waals surface area (Å²) in [6, 6.07) is 0. The maximum absolute atomic E-state index is 10.8. The maximum Gasteiger partial charge on any atom is 0.699 e. The summed E-state index contributed by atoms with van der Waals surface area (Å²) >= 11 is 0. The van der Waals surface area contributed by atoms with E-state index in [0.29, 0.717) is 12.8 Å². The van der Waals surface area contributed by atoms with Gasteiger partial charge in [0.25, 0.3) is 0 Å². The predicted molar refractivity (Wildman–Crippen MR) is 102 cm³/mol. The van der Waals surface area contributed by atoms with Crippen LogP contribution in [0.2, 0.25) is 0 Å². The Morgan fingerprint density at radius 3 is 1.36 bits per heavy atom. The number of nitro groups is 3. The molecule has 0 saturated carbocycles. The number of hydrogen-bond donors (Lipinski definition) is 0. The zero-order valence-corrected chi connectivity index (χ0v) is 16.1. The van der Waals surface area contributed by atoms with Gasteiger partial charge in [0, 0.05) is 19.3 Å². The van der Waals surface area contributed by atoms with Crippen LogP contribution in [-0.4, -0.2) is 26.8 Å². The average Bonchev–Trinajstić information content (AvgIpc) is 2.63. The van der Waals surface area contributed by atoms with Crippen LogP contribution in [0.25, 0.3) is 0 Å². The normalized spacial score (nSPS) is 10.7. The first-order chi connectivity index (χ1) is 13.4. The lowest BCUT2D eigenvalue weighted by Gasteiger charge is -2.08. The van der Waals surface area contributed by atoms with Crippen LogP contribution in [0.15, 0.2) is 0 Å². The fourth-order valence-corrected chi connectivity index (χ4v) is 2.70. The lowest BCUT2D eigenvalue weighted by atomic mass is 10.0. The Morgan fingerprint density at radius 1 is 0.571 bits per heavy atom. The van der Waals surface area contributed by atoms with Crippen LogP contribution in [0, 0.1) is 42.2 Å². The van der Waals surface area contributed by atoms with Crippen LogP contribution in [0.5, 0.6) is 0 Å². The Labute approximate surface area is 164 Å².